The SMILES string of the molecule is O=S(=O)(c1ccccc1)n1c2ccc(C#CC3=CCCCC3)cc2c2ccc(Cl)nc21.O=S(=O)(c1ccccc1)n1c2ccc(C#CC3CCCCC3)cc2c2ccc(Cl)nc21. The quantitative estimate of drug-likeness (QED) is 0.129. The van der Waals surface area contributed by atoms with Crippen LogP contribution in [0.3, 0.4) is 0 Å². The van der Waals surface area contributed by atoms with Gasteiger partial charge in [0.2, 0.25) is 0 Å². The van der Waals surface area contributed by atoms with E-state index in [4.69, 9.17) is 23.2 Å². The number of rotatable bonds is 4. The molecule has 1 saturated carbocycles. The predicted octanol–water partition coefficient (Wildman–Crippen LogP) is 11.9. The molecule has 2 aliphatic rings. The molecule has 0 unspecified atom stereocenters. The number of aromatic nitrogens is 4. The Labute approximate surface area is 371 Å². The normalized spacial score (nSPS) is 14.7. The number of halogens is 2. The van der Waals surface area contributed by atoms with E-state index in [9.17, 15) is 16.8 Å². The van der Waals surface area contributed by atoms with E-state index in [2.05, 4.69) is 39.7 Å². The van der Waals surface area contributed by atoms with Crippen molar-refractivity contribution in [2.24, 2.45) is 5.92 Å². The Kier molecular flexibility index (Phi) is 11.7. The minimum Gasteiger partial charge on any atom is -0.217 e. The van der Waals surface area contributed by atoms with Crippen molar-refractivity contribution in [2.45, 2.75) is 67.6 Å². The van der Waals surface area contributed by atoms with Gasteiger partial charge in [-0.3, -0.25) is 0 Å². The third kappa shape index (κ3) is 8.24. The van der Waals surface area contributed by atoms with Crippen LogP contribution in [-0.4, -0.2) is 34.7 Å². The Balaban J connectivity index is 0.000000158. The summed E-state index contributed by atoms with van der Waals surface area (Å²) < 4.78 is 56.6. The molecule has 10 rings (SSSR count). The van der Waals surface area contributed by atoms with Crippen molar-refractivity contribution in [3.8, 4) is 23.7 Å². The van der Waals surface area contributed by atoms with Gasteiger partial charge in [0.05, 0.1) is 20.8 Å². The van der Waals surface area contributed by atoms with Crippen molar-refractivity contribution in [2.75, 3.05) is 0 Å². The average molecular weight is 896 g/mol. The second-order valence-corrected chi connectivity index (χ2v) is 19.8. The van der Waals surface area contributed by atoms with E-state index in [0.29, 0.717) is 28.2 Å². The van der Waals surface area contributed by atoms with Gasteiger partial charge in [0.1, 0.15) is 10.3 Å². The molecule has 8 nitrogen and oxygen atoms in total. The molecular weight excluding hydrogens is 856 g/mol. The first-order valence-corrected chi connectivity index (χ1v) is 24.3. The van der Waals surface area contributed by atoms with E-state index in [1.165, 1.54) is 45.6 Å². The van der Waals surface area contributed by atoms with E-state index in [1.54, 1.807) is 78.9 Å². The maximum Gasteiger partial charge on any atom is 0.269 e. The van der Waals surface area contributed by atoms with Crippen LogP contribution in [0.2, 0.25) is 10.3 Å². The monoisotopic (exact) mass is 894 g/mol. The summed E-state index contributed by atoms with van der Waals surface area (Å²) in [7, 11) is -7.71. The van der Waals surface area contributed by atoms with Crippen LogP contribution in [-0.2, 0) is 20.0 Å². The minimum atomic E-state index is -3.86. The minimum absolute atomic E-state index is 0.198. The molecule has 0 bridgehead atoms. The summed E-state index contributed by atoms with van der Waals surface area (Å²) in [4.78, 5) is 9.13. The lowest BCUT2D eigenvalue weighted by atomic mass is 9.89. The number of fused-ring (bicyclic) bond motifs is 6. The highest BCUT2D eigenvalue weighted by atomic mass is 35.5. The molecule has 4 aromatic heterocycles. The first-order chi connectivity index (χ1) is 30.1. The summed E-state index contributed by atoms with van der Waals surface area (Å²) in [5.41, 5.74) is 4.64. The topological polar surface area (TPSA) is 104 Å². The Bertz CT molecular complexity index is 3410. The van der Waals surface area contributed by atoms with Crippen molar-refractivity contribution in [3.05, 3.63) is 154 Å². The lowest BCUT2D eigenvalue weighted by Gasteiger charge is -2.15. The number of nitrogens with zero attached hydrogens (tertiary/aromatic N) is 4. The first kappa shape index (κ1) is 41.5. The molecule has 8 aromatic rings. The number of hydrogen-bond acceptors (Lipinski definition) is 6. The highest BCUT2D eigenvalue weighted by Gasteiger charge is 2.26. The van der Waals surface area contributed by atoms with Crippen LogP contribution in [0.1, 0.15) is 68.9 Å². The molecule has 4 heterocycles. The molecule has 12 heteroatoms. The number of hydrogen-bond donors (Lipinski definition) is 0. The van der Waals surface area contributed by atoms with Gasteiger partial charge < -0.3 is 0 Å². The lowest BCUT2D eigenvalue weighted by Crippen LogP contribution is -2.13. The summed E-state index contributed by atoms with van der Waals surface area (Å²) in [5, 5.41) is 3.53. The fourth-order valence-corrected chi connectivity index (χ4v) is 11.5. The molecule has 0 spiro atoms. The lowest BCUT2D eigenvalue weighted by molar-refractivity contribution is 0.430. The summed E-state index contributed by atoms with van der Waals surface area (Å²) in [6, 6.07) is 35.0. The van der Waals surface area contributed by atoms with Gasteiger partial charge in [0.15, 0.2) is 11.3 Å². The second-order valence-electron chi connectivity index (χ2n) is 15.5. The van der Waals surface area contributed by atoms with Gasteiger partial charge in [-0.05, 0) is 129 Å². The fourth-order valence-electron chi connectivity index (χ4n) is 8.24. The second kappa shape index (κ2) is 17.5. The molecule has 0 atom stereocenters. The Morgan fingerprint density at radius 2 is 1.05 bits per heavy atom. The van der Waals surface area contributed by atoms with E-state index < -0.39 is 20.0 Å². The van der Waals surface area contributed by atoms with E-state index in [-0.39, 0.29) is 20.1 Å². The largest absolute Gasteiger partial charge is 0.269 e. The van der Waals surface area contributed by atoms with E-state index in [1.807, 2.05) is 42.5 Å². The Morgan fingerprint density at radius 3 is 1.55 bits per heavy atom. The molecule has 0 amide bonds. The zero-order valence-electron chi connectivity index (χ0n) is 33.6. The van der Waals surface area contributed by atoms with Gasteiger partial charge in [0.25, 0.3) is 20.0 Å². The standard InChI is InChI=1S/C25H21ClN2O2S.C25H19ClN2O2S/c2*26-24-16-14-21-22-17-19(12-11-18-7-3-1-4-8-18)13-15-23(22)28(25(21)27-24)31(29,30)20-9-5-2-6-10-20/h2,5-6,9-10,13-18H,1,3-4,7-8H2;2,5-7,9-10,13-17H,1,3-4,8H2. The molecule has 0 radical (unpaired) electrons. The molecule has 2 aliphatic carbocycles. The van der Waals surface area contributed by atoms with Crippen LogP contribution < -0.4 is 0 Å². The number of benzene rings is 4. The summed E-state index contributed by atoms with van der Waals surface area (Å²) in [5.74, 6) is 13.7. The maximum atomic E-state index is 13.5. The smallest absolute Gasteiger partial charge is 0.217 e. The third-order valence-corrected chi connectivity index (χ3v) is 15.2. The Morgan fingerprint density at radius 1 is 0.532 bits per heavy atom. The summed E-state index contributed by atoms with van der Waals surface area (Å²) in [6.45, 7) is 0. The maximum absolute atomic E-state index is 13.5. The van der Waals surface area contributed by atoms with Gasteiger partial charge in [-0.25, -0.2) is 34.7 Å². The van der Waals surface area contributed by atoms with Crippen LogP contribution in [0.4, 0.5) is 0 Å². The highest BCUT2D eigenvalue weighted by Crippen LogP contribution is 2.35. The number of pyridine rings is 2. The van der Waals surface area contributed by atoms with E-state index >= 15 is 0 Å². The van der Waals surface area contributed by atoms with Gasteiger partial charge >= 0.3 is 0 Å². The van der Waals surface area contributed by atoms with Crippen molar-refractivity contribution in [3.63, 3.8) is 0 Å². The molecule has 0 N–H and O–H groups in total. The van der Waals surface area contributed by atoms with Gasteiger partial charge in [-0.2, -0.15) is 0 Å². The molecule has 4 aromatic carbocycles. The fraction of sp³-hybridized carbons (Fsp3) is 0.200. The molecule has 0 aliphatic heterocycles. The zero-order chi connectivity index (χ0) is 42.8. The van der Waals surface area contributed by atoms with Crippen molar-refractivity contribution < 1.29 is 16.8 Å². The highest BCUT2D eigenvalue weighted by molar-refractivity contribution is 7.90. The first-order valence-electron chi connectivity index (χ1n) is 20.6. The molecule has 1 fully saturated rings. The molecule has 62 heavy (non-hydrogen) atoms. The van der Waals surface area contributed by atoms with Gasteiger partial charge in [0, 0.05) is 38.6 Å². The molecular formula is C50H40Cl2N4O4S2. The zero-order valence-corrected chi connectivity index (χ0v) is 36.7. The average Bonchev–Trinajstić information content (AvgIpc) is 3.81. The van der Waals surface area contributed by atoms with Crippen LogP contribution in [0.25, 0.3) is 43.9 Å². The molecule has 310 valence electrons. The summed E-state index contributed by atoms with van der Waals surface area (Å²) in [6.07, 6.45) is 12.8. The van der Waals surface area contributed by atoms with Crippen molar-refractivity contribution in [1.29, 1.82) is 0 Å². The number of allylic oxidation sites excluding steroid dienone is 2. The summed E-state index contributed by atoms with van der Waals surface area (Å²) >= 11 is 12.3. The van der Waals surface area contributed by atoms with Crippen LogP contribution >= 0.6 is 23.2 Å². The van der Waals surface area contributed by atoms with Crippen LogP contribution in [0, 0.1) is 29.6 Å². The van der Waals surface area contributed by atoms with Crippen LogP contribution in [0.15, 0.2) is 143 Å². The third-order valence-electron chi connectivity index (χ3n) is 11.3. The van der Waals surface area contributed by atoms with E-state index in [0.717, 1.165) is 58.4 Å². The van der Waals surface area contributed by atoms with Crippen molar-refractivity contribution in [1.82, 2.24) is 17.9 Å². The molecule has 0 saturated heterocycles. The Hall–Kier alpha value is -5.88. The van der Waals surface area contributed by atoms with Gasteiger partial charge in [-0.15, -0.1) is 0 Å². The van der Waals surface area contributed by atoms with Gasteiger partial charge in [-0.1, -0.05) is 109 Å². The van der Waals surface area contributed by atoms with Crippen molar-refractivity contribution >= 4 is 87.1 Å². The predicted molar refractivity (Wildman–Crippen MR) is 249 cm³/mol. The van der Waals surface area contributed by atoms with Crippen LogP contribution in [0.5, 0.6) is 0 Å².